The number of nitrogens with zero attached hydrogens (tertiary/aromatic N) is 1. The average molecular weight is 406 g/mol. The maximum atomic E-state index is 12.1. The van der Waals surface area contributed by atoms with Crippen molar-refractivity contribution < 1.29 is 22.8 Å². The Labute approximate surface area is 156 Å². The van der Waals surface area contributed by atoms with E-state index < -0.39 is 15.8 Å². The van der Waals surface area contributed by atoms with Crippen LogP contribution in [-0.2, 0) is 25.2 Å². The Bertz CT molecular complexity index is 818. The van der Waals surface area contributed by atoms with Crippen LogP contribution in [0.15, 0.2) is 22.2 Å². The summed E-state index contributed by atoms with van der Waals surface area (Å²) in [7, 11) is -3.50. The van der Waals surface area contributed by atoms with Crippen molar-refractivity contribution in [2.75, 3.05) is 12.9 Å². The predicted octanol–water partition coefficient (Wildman–Crippen LogP) is 3.67. The number of benzene rings is 1. The number of hydrogen-bond acceptors (Lipinski definition) is 7. The molecule has 0 aliphatic carbocycles. The van der Waals surface area contributed by atoms with Crippen molar-refractivity contribution in [1.29, 1.82) is 0 Å². The predicted molar refractivity (Wildman–Crippen MR) is 99.0 cm³/mol. The normalized spacial score (nSPS) is 16.3. The number of carbonyl (C=O) groups excluding carboxylic acids is 1. The molecule has 0 bridgehead atoms. The number of ether oxygens (including phenoxy) is 1. The first-order chi connectivity index (χ1) is 11.5. The molecule has 1 aromatic carbocycles. The fraction of sp³-hybridized carbons (Fsp3) is 0.500. The second kappa shape index (κ2) is 7.55. The smallest absolute Gasteiger partial charge is 0.339 e. The lowest BCUT2D eigenvalue weighted by atomic mass is 10.1. The second-order valence-corrected chi connectivity index (χ2v) is 9.61. The first kappa shape index (κ1) is 20.1. The van der Waals surface area contributed by atoms with Gasteiger partial charge in [0.25, 0.3) is 0 Å². The van der Waals surface area contributed by atoms with Gasteiger partial charge in [0.1, 0.15) is 10.6 Å². The van der Waals surface area contributed by atoms with Gasteiger partial charge in [-0.2, -0.15) is 0 Å². The van der Waals surface area contributed by atoms with Gasteiger partial charge >= 0.3 is 5.97 Å². The second-order valence-electron chi connectivity index (χ2n) is 6.20. The molecule has 138 valence electrons. The fourth-order valence-corrected chi connectivity index (χ4v) is 4.91. The Balaban J connectivity index is 2.35. The highest BCUT2D eigenvalue weighted by atomic mass is 35.5. The van der Waals surface area contributed by atoms with Crippen molar-refractivity contribution in [3.05, 3.63) is 28.3 Å². The first-order valence-electron chi connectivity index (χ1n) is 7.61. The lowest BCUT2D eigenvalue weighted by Gasteiger charge is -2.14. The molecule has 1 aliphatic rings. The molecule has 0 atom stereocenters. The molecule has 0 unspecified atom stereocenters. The van der Waals surface area contributed by atoms with Crippen LogP contribution in [-0.4, -0.2) is 37.9 Å². The number of sulfone groups is 1. The summed E-state index contributed by atoms with van der Waals surface area (Å²) in [6.45, 7) is 5.73. The van der Waals surface area contributed by atoms with Crippen LogP contribution >= 0.6 is 23.4 Å². The quantitative estimate of drug-likeness (QED) is 0.695. The van der Waals surface area contributed by atoms with Crippen molar-refractivity contribution in [3.63, 3.8) is 0 Å². The third-order valence-corrected chi connectivity index (χ3v) is 6.05. The van der Waals surface area contributed by atoms with Crippen LogP contribution < -0.4 is 0 Å². The average Bonchev–Trinajstić information content (AvgIpc) is 2.84. The Morgan fingerprint density at radius 2 is 2.12 bits per heavy atom. The third-order valence-electron chi connectivity index (χ3n) is 3.45. The molecule has 0 amide bonds. The Kier molecular flexibility index (Phi) is 6.06. The summed E-state index contributed by atoms with van der Waals surface area (Å²) in [4.78, 5) is 17.4. The Morgan fingerprint density at radius 1 is 1.44 bits per heavy atom. The molecule has 0 saturated heterocycles. The van der Waals surface area contributed by atoms with Gasteiger partial charge in [-0.25, -0.2) is 13.2 Å². The van der Waals surface area contributed by atoms with E-state index in [0.29, 0.717) is 12.0 Å². The van der Waals surface area contributed by atoms with Crippen molar-refractivity contribution in [2.24, 2.45) is 5.16 Å². The van der Waals surface area contributed by atoms with E-state index in [4.69, 9.17) is 21.2 Å². The highest BCUT2D eigenvalue weighted by molar-refractivity contribution is 8.13. The summed E-state index contributed by atoms with van der Waals surface area (Å²) < 4.78 is 29.1. The van der Waals surface area contributed by atoms with Gasteiger partial charge in [-0.05, 0) is 32.9 Å². The van der Waals surface area contributed by atoms with Crippen molar-refractivity contribution >= 4 is 44.2 Å². The molecule has 2 rings (SSSR count). The number of hydrogen-bond donors (Lipinski definition) is 0. The van der Waals surface area contributed by atoms with E-state index in [0.717, 1.165) is 11.3 Å². The van der Waals surface area contributed by atoms with Gasteiger partial charge in [0.15, 0.2) is 9.84 Å². The standard InChI is InChI=1S/C16H20ClNO5S2/c1-5-22-15(19)10-6-7-12(25(4,20)21)11(14(10)17)9-24-13-8-16(2,3)23-18-13/h6-7H,5,8-9H2,1-4H3. The highest BCUT2D eigenvalue weighted by Crippen LogP contribution is 2.35. The van der Waals surface area contributed by atoms with E-state index >= 15 is 0 Å². The first-order valence-corrected chi connectivity index (χ1v) is 10.9. The summed E-state index contributed by atoms with van der Waals surface area (Å²) in [5.41, 5.74) is 0.141. The summed E-state index contributed by atoms with van der Waals surface area (Å²) in [6, 6.07) is 2.77. The molecule has 0 radical (unpaired) electrons. The number of halogens is 1. The van der Waals surface area contributed by atoms with Gasteiger partial charge in [-0.15, -0.1) is 11.8 Å². The monoisotopic (exact) mass is 405 g/mol. The molecule has 1 aromatic rings. The highest BCUT2D eigenvalue weighted by Gasteiger charge is 2.30. The van der Waals surface area contributed by atoms with Crippen LogP contribution in [0.25, 0.3) is 0 Å². The van der Waals surface area contributed by atoms with Crippen LogP contribution in [0.5, 0.6) is 0 Å². The summed E-state index contributed by atoms with van der Waals surface area (Å²) in [5, 5.41) is 4.85. The molecular weight excluding hydrogens is 386 g/mol. The molecule has 6 nitrogen and oxygen atoms in total. The van der Waals surface area contributed by atoms with Gasteiger partial charge in [0, 0.05) is 24.0 Å². The minimum Gasteiger partial charge on any atom is -0.462 e. The van der Waals surface area contributed by atoms with Crippen molar-refractivity contribution in [2.45, 2.75) is 43.4 Å². The molecule has 0 aromatic heterocycles. The van der Waals surface area contributed by atoms with Crippen LogP contribution in [0.1, 0.15) is 43.1 Å². The zero-order valence-electron chi connectivity index (χ0n) is 14.5. The van der Waals surface area contributed by atoms with Crippen LogP contribution in [0, 0.1) is 0 Å². The number of rotatable bonds is 5. The largest absolute Gasteiger partial charge is 0.462 e. The Hall–Kier alpha value is -1.25. The van der Waals surface area contributed by atoms with Crippen molar-refractivity contribution in [3.8, 4) is 0 Å². The van der Waals surface area contributed by atoms with Crippen molar-refractivity contribution in [1.82, 2.24) is 0 Å². The lowest BCUT2D eigenvalue weighted by molar-refractivity contribution is 0.0123. The van der Waals surface area contributed by atoms with Gasteiger partial charge < -0.3 is 9.57 Å². The summed E-state index contributed by atoms with van der Waals surface area (Å²) in [6.07, 6.45) is 1.73. The number of oxime groups is 1. The van der Waals surface area contributed by atoms with Gasteiger partial charge in [0.2, 0.25) is 0 Å². The van der Waals surface area contributed by atoms with Crippen LogP contribution in [0.2, 0.25) is 5.02 Å². The lowest BCUT2D eigenvalue weighted by Crippen LogP contribution is -2.18. The molecule has 0 spiro atoms. The van der Waals surface area contributed by atoms with Gasteiger partial charge in [-0.1, -0.05) is 16.8 Å². The van der Waals surface area contributed by atoms with Crippen LogP contribution in [0.4, 0.5) is 0 Å². The Morgan fingerprint density at radius 3 is 2.64 bits per heavy atom. The van der Waals surface area contributed by atoms with E-state index in [1.54, 1.807) is 6.92 Å². The van der Waals surface area contributed by atoms with E-state index in [9.17, 15) is 13.2 Å². The fourth-order valence-electron chi connectivity index (χ4n) is 2.29. The SMILES string of the molecule is CCOC(=O)c1ccc(S(C)(=O)=O)c(CSC2=NOC(C)(C)C2)c1Cl. The maximum Gasteiger partial charge on any atom is 0.339 e. The number of carbonyl (C=O) groups is 1. The van der Waals surface area contributed by atoms with E-state index in [-0.39, 0.29) is 33.4 Å². The van der Waals surface area contributed by atoms with E-state index in [1.165, 1.54) is 23.9 Å². The van der Waals surface area contributed by atoms with E-state index in [1.807, 2.05) is 13.8 Å². The molecule has 0 saturated carbocycles. The molecule has 0 fully saturated rings. The molecular formula is C16H20ClNO5S2. The summed E-state index contributed by atoms with van der Waals surface area (Å²) in [5.74, 6) is -0.325. The van der Waals surface area contributed by atoms with Crippen LogP contribution in [0.3, 0.4) is 0 Å². The van der Waals surface area contributed by atoms with Gasteiger partial charge in [-0.3, -0.25) is 0 Å². The number of esters is 1. The molecule has 1 aliphatic heterocycles. The van der Waals surface area contributed by atoms with E-state index in [2.05, 4.69) is 5.16 Å². The molecule has 25 heavy (non-hydrogen) atoms. The minimum atomic E-state index is -3.50. The molecule has 1 heterocycles. The maximum absolute atomic E-state index is 12.1. The summed E-state index contributed by atoms with van der Waals surface area (Å²) >= 11 is 7.68. The number of thioether (sulfide) groups is 1. The van der Waals surface area contributed by atoms with Gasteiger partial charge in [0.05, 0.1) is 22.1 Å². The minimum absolute atomic E-state index is 0.0904. The molecule has 0 N–H and O–H groups in total. The zero-order valence-corrected chi connectivity index (χ0v) is 16.8. The molecule has 9 heteroatoms. The zero-order chi connectivity index (χ0) is 18.8. The topological polar surface area (TPSA) is 82.0 Å². The third kappa shape index (κ3) is 4.89.